The normalized spacial score (nSPS) is 23.4. The fourth-order valence-electron chi connectivity index (χ4n) is 4.44. The van der Waals surface area contributed by atoms with E-state index in [0.29, 0.717) is 18.4 Å². The van der Waals surface area contributed by atoms with E-state index in [9.17, 15) is 18.4 Å². The second kappa shape index (κ2) is 8.19. The lowest BCUT2D eigenvalue weighted by molar-refractivity contribution is 0.0576. The predicted octanol–water partition coefficient (Wildman–Crippen LogP) is 4.31. The van der Waals surface area contributed by atoms with Gasteiger partial charge in [0, 0.05) is 23.7 Å². The van der Waals surface area contributed by atoms with Crippen molar-refractivity contribution >= 4 is 17.6 Å². The molecule has 2 heterocycles. The number of halogens is 2. The Morgan fingerprint density at radius 2 is 1.59 bits per heavy atom. The number of urea groups is 1. The quantitative estimate of drug-likeness (QED) is 0.808. The molecule has 2 aliphatic heterocycles. The van der Waals surface area contributed by atoms with Gasteiger partial charge in [-0.05, 0) is 68.5 Å². The third kappa shape index (κ3) is 4.23. The van der Waals surface area contributed by atoms with Gasteiger partial charge in [0.2, 0.25) is 0 Å². The first-order valence-corrected chi connectivity index (χ1v) is 9.91. The van der Waals surface area contributed by atoms with Gasteiger partial charge in [-0.25, -0.2) is 13.6 Å². The summed E-state index contributed by atoms with van der Waals surface area (Å²) in [5.74, 6) is -1.09. The minimum Gasteiger partial charge on any atom is -0.349 e. The molecule has 2 aliphatic rings. The van der Waals surface area contributed by atoms with Gasteiger partial charge in [-0.1, -0.05) is 12.1 Å². The van der Waals surface area contributed by atoms with Gasteiger partial charge in [0.15, 0.2) is 0 Å². The molecule has 2 atom stereocenters. The second-order valence-corrected chi connectivity index (χ2v) is 7.70. The predicted molar refractivity (Wildman–Crippen MR) is 106 cm³/mol. The van der Waals surface area contributed by atoms with Crippen LogP contribution in [0.2, 0.25) is 0 Å². The Morgan fingerprint density at radius 1 is 0.931 bits per heavy atom. The van der Waals surface area contributed by atoms with Crippen LogP contribution in [-0.4, -0.2) is 35.0 Å². The van der Waals surface area contributed by atoms with Crippen LogP contribution in [0.15, 0.2) is 48.5 Å². The largest absolute Gasteiger partial charge is 0.349 e. The van der Waals surface area contributed by atoms with Crippen LogP contribution in [0, 0.1) is 11.6 Å². The van der Waals surface area contributed by atoms with Crippen molar-refractivity contribution in [3.63, 3.8) is 0 Å². The van der Waals surface area contributed by atoms with Crippen molar-refractivity contribution in [3.05, 3.63) is 65.7 Å². The van der Waals surface area contributed by atoms with Gasteiger partial charge in [-0.2, -0.15) is 0 Å². The average molecular weight is 399 g/mol. The van der Waals surface area contributed by atoms with E-state index in [2.05, 4.69) is 10.6 Å². The standard InChI is InChI=1S/C22H23F2N3O2/c23-15-10-8-14(9-11-15)21(28)25-16-12-17-4-3-5-18(13-16)27(17)22(29)26-20-7-2-1-6-19(20)24/h1-2,6-11,16-18H,3-5,12-13H2,(H,25,28)(H,26,29). The Labute approximate surface area is 168 Å². The lowest BCUT2D eigenvalue weighted by Crippen LogP contribution is -2.59. The topological polar surface area (TPSA) is 61.4 Å². The van der Waals surface area contributed by atoms with Crippen LogP contribution in [0.4, 0.5) is 19.3 Å². The fourth-order valence-corrected chi connectivity index (χ4v) is 4.44. The van der Waals surface area contributed by atoms with Crippen LogP contribution in [0.25, 0.3) is 0 Å². The Balaban J connectivity index is 1.42. The maximum absolute atomic E-state index is 13.9. The number of benzene rings is 2. The van der Waals surface area contributed by atoms with Gasteiger partial charge in [-0.3, -0.25) is 4.79 Å². The third-order valence-corrected chi connectivity index (χ3v) is 5.77. The van der Waals surface area contributed by atoms with Gasteiger partial charge in [0.05, 0.1) is 5.69 Å². The lowest BCUT2D eigenvalue weighted by Gasteiger charge is -2.48. The molecule has 2 saturated heterocycles. The minimum absolute atomic E-state index is 0.00667. The van der Waals surface area contributed by atoms with Crippen LogP contribution in [0.1, 0.15) is 42.5 Å². The minimum atomic E-state index is -0.465. The molecule has 2 bridgehead atoms. The third-order valence-electron chi connectivity index (χ3n) is 5.77. The van der Waals surface area contributed by atoms with Crippen LogP contribution in [0.3, 0.4) is 0 Å². The summed E-state index contributed by atoms with van der Waals surface area (Å²) in [7, 11) is 0. The molecule has 2 N–H and O–H groups in total. The molecule has 2 unspecified atom stereocenters. The molecule has 29 heavy (non-hydrogen) atoms. The van der Waals surface area contributed by atoms with Crippen molar-refractivity contribution < 1.29 is 18.4 Å². The molecule has 0 radical (unpaired) electrons. The van der Waals surface area contributed by atoms with Gasteiger partial charge in [0.25, 0.3) is 5.91 Å². The number of nitrogens with one attached hydrogen (secondary N) is 2. The Kier molecular flexibility index (Phi) is 5.47. The number of carbonyl (C=O) groups is 2. The van der Waals surface area contributed by atoms with E-state index < -0.39 is 5.82 Å². The molecular formula is C22H23F2N3O2. The summed E-state index contributed by atoms with van der Waals surface area (Å²) in [6.45, 7) is 0. The van der Waals surface area contributed by atoms with Crippen molar-refractivity contribution in [3.8, 4) is 0 Å². The number of anilines is 1. The fraction of sp³-hybridized carbons (Fsp3) is 0.364. The summed E-state index contributed by atoms with van der Waals surface area (Å²) < 4.78 is 27.0. The molecule has 0 aliphatic carbocycles. The monoisotopic (exact) mass is 399 g/mol. The number of piperidine rings is 2. The first-order chi connectivity index (χ1) is 14.0. The molecule has 2 aromatic rings. The second-order valence-electron chi connectivity index (χ2n) is 7.70. The highest BCUT2D eigenvalue weighted by Crippen LogP contribution is 2.35. The summed E-state index contributed by atoms with van der Waals surface area (Å²) in [6.07, 6.45) is 4.02. The van der Waals surface area contributed by atoms with E-state index in [4.69, 9.17) is 0 Å². The zero-order valence-electron chi connectivity index (χ0n) is 15.9. The maximum Gasteiger partial charge on any atom is 0.322 e. The number of nitrogens with zero attached hydrogens (tertiary/aromatic N) is 1. The zero-order chi connectivity index (χ0) is 20.4. The van der Waals surface area contributed by atoms with Crippen molar-refractivity contribution in [1.82, 2.24) is 10.2 Å². The molecular weight excluding hydrogens is 376 g/mol. The van der Waals surface area contributed by atoms with E-state index >= 15 is 0 Å². The molecule has 3 amide bonds. The lowest BCUT2D eigenvalue weighted by atomic mass is 9.82. The SMILES string of the molecule is O=C(NC1CC2CCCC(C1)N2C(=O)Nc1ccccc1F)c1ccc(F)cc1. The smallest absolute Gasteiger partial charge is 0.322 e. The van der Waals surface area contributed by atoms with Crippen molar-refractivity contribution in [2.24, 2.45) is 0 Å². The maximum atomic E-state index is 13.9. The van der Waals surface area contributed by atoms with Crippen molar-refractivity contribution in [2.75, 3.05) is 5.32 Å². The Bertz CT molecular complexity index is 889. The number of amides is 3. The number of para-hydroxylation sites is 1. The Hall–Kier alpha value is -2.96. The molecule has 7 heteroatoms. The van der Waals surface area contributed by atoms with E-state index in [0.717, 1.165) is 19.3 Å². The van der Waals surface area contributed by atoms with Crippen LogP contribution < -0.4 is 10.6 Å². The first-order valence-electron chi connectivity index (χ1n) is 9.91. The summed E-state index contributed by atoms with van der Waals surface area (Å²) in [6, 6.07) is 11.2. The zero-order valence-corrected chi connectivity index (χ0v) is 15.9. The van der Waals surface area contributed by atoms with Crippen molar-refractivity contribution in [1.29, 1.82) is 0 Å². The molecule has 0 aromatic heterocycles. The molecule has 0 spiro atoms. The molecule has 152 valence electrons. The summed E-state index contributed by atoms with van der Waals surface area (Å²) in [5, 5.41) is 5.71. The molecule has 2 fully saturated rings. The summed E-state index contributed by atoms with van der Waals surface area (Å²) in [4.78, 5) is 27.1. The van der Waals surface area contributed by atoms with Crippen molar-refractivity contribution in [2.45, 2.75) is 50.2 Å². The molecule has 4 rings (SSSR count). The van der Waals surface area contributed by atoms with Crippen LogP contribution in [-0.2, 0) is 0 Å². The van der Waals surface area contributed by atoms with E-state index in [1.54, 1.807) is 18.2 Å². The van der Waals surface area contributed by atoms with Gasteiger partial charge < -0.3 is 15.5 Å². The highest BCUT2D eigenvalue weighted by molar-refractivity contribution is 5.94. The van der Waals surface area contributed by atoms with Gasteiger partial charge in [-0.15, -0.1) is 0 Å². The number of fused-ring (bicyclic) bond motifs is 2. The van der Waals surface area contributed by atoms with Crippen LogP contribution >= 0.6 is 0 Å². The Morgan fingerprint density at radius 3 is 2.24 bits per heavy atom. The van der Waals surface area contributed by atoms with E-state index in [1.165, 1.54) is 30.3 Å². The average Bonchev–Trinajstić information content (AvgIpc) is 2.69. The first kappa shape index (κ1) is 19.4. The number of hydrogen-bond acceptors (Lipinski definition) is 2. The van der Waals surface area contributed by atoms with Crippen LogP contribution in [0.5, 0.6) is 0 Å². The van der Waals surface area contributed by atoms with Gasteiger partial charge >= 0.3 is 6.03 Å². The molecule has 5 nitrogen and oxygen atoms in total. The number of rotatable bonds is 3. The molecule has 0 saturated carbocycles. The van der Waals surface area contributed by atoms with E-state index in [-0.39, 0.29) is 41.6 Å². The summed E-state index contributed by atoms with van der Waals surface area (Å²) in [5.41, 5.74) is 0.582. The number of carbonyl (C=O) groups excluding carboxylic acids is 2. The molecule has 2 aromatic carbocycles. The van der Waals surface area contributed by atoms with Gasteiger partial charge in [0.1, 0.15) is 11.6 Å². The summed E-state index contributed by atoms with van der Waals surface area (Å²) >= 11 is 0. The highest BCUT2D eigenvalue weighted by Gasteiger charge is 2.41. The highest BCUT2D eigenvalue weighted by atomic mass is 19.1. The number of hydrogen-bond donors (Lipinski definition) is 2. The van der Waals surface area contributed by atoms with E-state index in [1.807, 2.05) is 4.90 Å².